The molecule has 212 valence electrons. The van der Waals surface area contributed by atoms with Crippen molar-refractivity contribution in [2.24, 2.45) is 4.99 Å². The number of ether oxygens (including phenoxy) is 1. The maximum absolute atomic E-state index is 12.0. The van der Waals surface area contributed by atoms with Crippen LogP contribution in [0.25, 0.3) is 11.1 Å². The van der Waals surface area contributed by atoms with Gasteiger partial charge in [0.25, 0.3) is 10.1 Å². The topological polar surface area (TPSA) is 99.3 Å². The molecule has 0 spiro atoms. The number of fused-ring (bicyclic) bond motifs is 4. The highest BCUT2D eigenvalue weighted by Crippen LogP contribution is 2.46. The van der Waals surface area contributed by atoms with Crippen LogP contribution >= 0.6 is 0 Å². The van der Waals surface area contributed by atoms with Crippen molar-refractivity contribution in [2.75, 3.05) is 23.7 Å². The number of allylic oxidation sites excluding steroid dienone is 1. The number of carbonyl (C=O) groups excluding carboxylic acids is 1. The fourth-order valence-electron chi connectivity index (χ4n) is 6.40. The van der Waals surface area contributed by atoms with Gasteiger partial charge in [0.05, 0.1) is 17.2 Å². The largest absolute Gasteiger partial charge is 0.452 e. The summed E-state index contributed by atoms with van der Waals surface area (Å²) in [6.07, 6.45) is 5.27. The lowest BCUT2D eigenvalue weighted by molar-refractivity contribution is -0.117. The molecule has 3 aliphatic heterocycles. The molecular formula is C31H38N3O5S+. The Hall–Kier alpha value is -3.30. The number of ketones is 1. The number of Topliss-reactive ketones (excluding diaryl/α,β-unsaturated/α-hetero) is 1. The van der Waals surface area contributed by atoms with E-state index in [4.69, 9.17) is 9.73 Å². The molecule has 0 saturated heterocycles. The fourth-order valence-corrected chi connectivity index (χ4v) is 7.03. The number of carbonyl (C=O) groups is 1. The molecule has 0 aliphatic carbocycles. The van der Waals surface area contributed by atoms with E-state index in [-0.39, 0.29) is 11.3 Å². The van der Waals surface area contributed by atoms with E-state index >= 15 is 0 Å². The van der Waals surface area contributed by atoms with E-state index in [2.05, 4.69) is 55.4 Å². The molecule has 8 nitrogen and oxygen atoms in total. The molecule has 2 aromatic rings. The summed E-state index contributed by atoms with van der Waals surface area (Å²) in [6, 6.07) is 7.89. The number of hydrogen-bond donors (Lipinski definition) is 1. The number of benzene rings is 2. The van der Waals surface area contributed by atoms with E-state index in [9.17, 15) is 17.8 Å². The maximum atomic E-state index is 12.0. The average molecular weight is 565 g/mol. The zero-order valence-corrected chi connectivity index (χ0v) is 25.1. The monoisotopic (exact) mass is 564 g/mol. The second-order valence-corrected chi connectivity index (χ2v) is 13.6. The first-order valence-electron chi connectivity index (χ1n) is 13.8. The predicted molar refractivity (Wildman–Crippen MR) is 159 cm³/mol. The van der Waals surface area contributed by atoms with Crippen LogP contribution < -0.4 is 24.9 Å². The second-order valence-electron chi connectivity index (χ2n) is 12.1. The highest BCUT2D eigenvalue weighted by atomic mass is 32.2. The molecule has 0 saturated carbocycles. The van der Waals surface area contributed by atoms with Crippen LogP contribution in [0.5, 0.6) is 11.5 Å². The number of likely N-dealkylation sites (N-methyl/N-ethyl adjacent to an activating group) is 1. The third-order valence-electron chi connectivity index (χ3n) is 8.02. The van der Waals surface area contributed by atoms with Gasteiger partial charge in [-0.05, 0) is 64.0 Å². The van der Waals surface area contributed by atoms with E-state index in [0.29, 0.717) is 53.1 Å². The maximum Gasteiger partial charge on any atom is 0.269 e. The molecule has 0 bridgehead atoms. The average Bonchev–Trinajstić information content (AvgIpc) is 2.81. The summed E-state index contributed by atoms with van der Waals surface area (Å²) in [5.41, 5.74) is 4.61. The fraction of sp³-hybridized carbons (Fsp3) is 0.452. The van der Waals surface area contributed by atoms with Gasteiger partial charge in [0, 0.05) is 50.6 Å². The summed E-state index contributed by atoms with van der Waals surface area (Å²) in [5, 5.41) is 1.39. The standard InChI is InChI=1S/C31H37N3O5S/c1-8-33-26-14-28-24(12-22(26)19(2)16-30(33,4)5)32-25-13-23-21(18-40(36,37)38)17-31(6,7)34(11-9-10-20(3)35)27(23)15-29(25)39-28/h12-17H,8-11,18H2,1-7H3/p+1. The van der Waals surface area contributed by atoms with E-state index in [1.807, 2.05) is 32.1 Å². The van der Waals surface area contributed by atoms with E-state index in [1.165, 1.54) is 5.57 Å². The van der Waals surface area contributed by atoms with Gasteiger partial charge in [-0.1, -0.05) is 6.08 Å². The molecule has 40 heavy (non-hydrogen) atoms. The first-order chi connectivity index (χ1) is 18.6. The molecule has 3 heterocycles. The molecule has 0 amide bonds. The van der Waals surface area contributed by atoms with Crippen LogP contribution in [0.15, 0.2) is 41.4 Å². The van der Waals surface area contributed by atoms with Crippen LogP contribution in [0.1, 0.15) is 72.4 Å². The quantitative estimate of drug-likeness (QED) is 0.330. The smallest absolute Gasteiger partial charge is 0.269 e. The molecule has 3 aliphatic rings. The van der Waals surface area contributed by atoms with Crippen molar-refractivity contribution in [2.45, 2.75) is 72.4 Å². The Balaban J connectivity index is 1.71. The number of hydrogen-bond acceptors (Lipinski definition) is 6. The van der Waals surface area contributed by atoms with Gasteiger partial charge in [-0.2, -0.15) is 8.42 Å². The van der Waals surface area contributed by atoms with Crippen molar-refractivity contribution in [1.29, 1.82) is 0 Å². The molecule has 1 N–H and O–H groups in total. The van der Waals surface area contributed by atoms with Gasteiger partial charge in [-0.3, -0.25) is 4.55 Å². The summed E-state index contributed by atoms with van der Waals surface area (Å²) in [6.45, 7) is 15.7. The highest BCUT2D eigenvalue weighted by Gasteiger charge is 2.37. The second kappa shape index (κ2) is 9.66. The van der Waals surface area contributed by atoms with Gasteiger partial charge in [0.15, 0.2) is 17.0 Å². The number of nitrogens with zero attached hydrogens (tertiary/aromatic N) is 3. The van der Waals surface area contributed by atoms with Crippen molar-refractivity contribution >= 4 is 38.4 Å². The van der Waals surface area contributed by atoms with Gasteiger partial charge < -0.3 is 14.4 Å². The lowest BCUT2D eigenvalue weighted by Crippen LogP contribution is -2.50. The van der Waals surface area contributed by atoms with Crippen molar-refractivity contribution < 1.29 is 22.5 Å². The molecule has 0 fully saturated rings. The van der Waals surface area contributed by atoms with Crippen LogP contribution in [0.2, 0.25) is 0 Å². The first-order valence-corrected chi connectivity index (χ1v) is 15.4. The lowest BCUT2D eigenvalue weighted by Gasteiger charge is -2.43. The van der Waals surface area contributed by atoms with Crippen LogP contribution in [-0.2, 0) is 14.9 Å². The lowest BCUT2D eigenvalue weighted by atomic mass is 9.88. The summed E-state index contributed by atoms with van der Waals surface area (Å²) in [5.74, 6) is 0.875. The van der Waals surface area contributed by atoms with Crippen LogP contribution in [0.3, 0.4) is 0 Å². The minimum Gasteiger partial charge on any atom is -0.452 e. The SMILES string of the molecule is CCN1c2cc3c(cc2C(C)=CC1(C)C)N=c1cc2c(cc1O3)=[N+](CCCC(C)=O)C(C)(C)C=C2CS(=O)(=O)O. The summed E-state index contributed by atoms with van der Waals surface area (Å²) >= 11 is 0. The first kappa shape index (κ1) is 28.2. The number of anilines is 1. The molecule has 0 atom stereocenters. The molecular weight excluding hydrogens is 526 g/mol. The van der Waals surface area contributed by atoms with Crippen molar-refractivity contribution in [3.63, 3.8) is 0 Å². The van der Waals surface area contributed by atoms with E-state index in [1.54, 1.807) is 6.92 Å². The summed E-state index contributed by atoms with van der Waals surface area (Å²) in [4.78, 5) is 19.0. The molecule has 0 radical (unpaired) electrons. The normalized spacial score (nSPS) is 18.3. The van der Waals surface area contributed by atoms with Crippen molar-refractivity contribution in [3.05, 3.63) is 58.3 Å². The molecule has 0 aromatic heterocycles. The van der Waals surface area contributed by atoms with E-state index in [0.717, 1.165) is 23.2 Å². The van der Waals surface area contributed by atoms with E-state index < -0.39 is 21.4 Å². The predicted octanol–water partition coefficient (Wildman–Crippen LogP) is 4.69. The Morgan fingerprint density at radius 2 is 1.80 bits per heavy atom. The molecule has 2 aromatic carbocycles. The Kier molecular flexibility index (Phi) is 6.82. The molecule has 9 heteroatoms. The zero-order chi connectivity index (χ0) is 29.2. The Morgan fingerprint density at radius 3 is 2.45 bits per heavy atom. The Labute approximate surface area is 236 Å². The minimum atomic E-state index is -4.27. The van der Waals surface area contributed by atoms with Crippen LogP contribution in [-0.4, -0.2) is 48.7 Å². The molecule has 5 rings (SSSR count). The van der Waals surface area contributed by atoms with Gasteiger partial charge >= 0.3 is 0 Å². The Bertz CT molecular complexity index is 1730. The van der Waals surface area contributed by atoms with Gasteiger partial charge in [0.1, 0.15) is 29.1 Å². The van der Waals surface area contributed by atoms with Gasteiger partial charge in [-0.15, -0.1) is 0 Å². The third-order valence-corrected chi connectivity index (χ3v) is 8.70. The van der Waals surface area contributed by atoms with Crippen molar-refractivity contribution in [3.8, 4) is 11.5 Å². The highest BCUT2D eigenvalue weighted by molar-refractivity contribution is 7.86. The van der Waals surface area contributed by atoms with Crippen LogP contribution in [0, 0.1) is 0 Å². The zero-order valence-electron chi connectivity index (χ0n) is 24.3. The Morgan fingerprint density at radius 1 is 1.07 bits per heavy atom. The van der Waals surface area contributed by atoms with Gasteiger partial charge in [0.2, 0.25) is 5.36 Å². The molecule has 0 unspecified atom stereocenters. The number of rotatable bonds is 7. The summed E-state index contributed by atoms with van der Waals surface area (Å²) in [7, 11) is -4.27. The minimum absolute atomic E-state index is 0.125. The van der Waals surface area contributed by atoms with Gasteiger partial charge in [-0.25, -0.2) is 9.57 Å². The van der Waals surface area contributed by atoms with Crippen molar-refractivity contribution in [1.82, 2.24) is 4.58 Å². The van der Waals surface area contributed by atoms with Crippen LogP contribution in [0.4, 0.5) is 11.4 Å². The third kappa shape index (κ3) is 5.12. The summed E-state index contributed by atoms with van der Waals surface area (Å²) < 4.78 is 42.3.